The number of hydrogen-bond acceptors (Lipinski definition) is 2. The van der Waals surface area contributed by atoms with E-state index in [1.807, 2.05) is 0 Å². The van der Waals surface area contributed by atoms with Crippen LogP contribution < -0.4 is 10.4 Å². The maximum Gasteiger partial charge on any atom is 0.271 e. The molecule has 0 aliphatic carbocycles. The molecule has 1 rings (SSSR count). The topological polar surface area (TPSA) is 56.3 Å². The van der Waals surface area contributed by atoms with Crippen molar-refractivity contribution in [3.05, 3.63) is 56.8 Å². The molecule has 0 heterocycles. The van der Waals surface area contributed by atoms with E-state index in [2.05, 4.69) is 9.69 Å². The van der Waals surface area contributed by atoms with Gasteiger partial charge in [-0.3, -0.25) is 0 Å². The predicted octanol–water partition coefficient (Wildman–Crippen LogP) is 1.24. The first kappa shape index (κ1) is 12.9. The molecule has 1 aromatic rings. The summed E-state index contributed by atoms with van der Waals surface area (Å²) in [7, 11) is 0. The SMILES string of the molecule is [C-]#[N+]/C(C#N)=c1/cc(C)/c(=C(\C#N)[N+]#[C-])cc1F. The minimum Gasteiger partial charge on any atom is -0.226 e. The van der Waals surface area contributed by atoms with E-state index in [1.54, 1.807) is 19.1 Å². The standard InChI is InChI=1S/C13H5FN4/c1-8-4-10(13(7-16)18-3)11(14)5-9(8)12(6-15)17-2/h4-5H,1H3/b12-9+,13-10-. The monoisotopic (exact) mass is 236 g/mol. The van der Waals surface area contributed by atoms with Gasteiger partial charge in [0.05, 0.1) is 25.3 Å². The second-order valence-electron chi connectivity index (χ2n) is 3.29. The van der Waals surface area contributed by atoms with Crippen molar-refractivity contribution >= 4 is 11.4 Å². The molecule has 0 radical (unpaired) electrons. The molecule has 0 aliphatic rings. The average Bonchev–Trinajstić information content (AvgIpc) is 2.37. The van der Waals surface area contributed by atoms with Crippen molar-refractivity contribution in [2.24, 2.45) is 0 Å². The molecule has 0 amide bonds. The third kappa shape index (κ3) is 2.17. The Morgan fingerprint density at radius 3 is 2.06 bits per heavy atom. The van der Waals surface area contributed by atoms with Crippen LogP contribution in [-0.4, -0.2) is 0 Å². The van der Waals surface area contributed by atoms with Gasteiger partial charge in [-0.25, -0.2) is 24.6 Å². The quantitative estimate of drug-likeness (QED) is 0.636. The zero-order chi connectivity index (χ0) is 13.7. The number of nitriles is 2. The summed E-state index contributed by atoms with van der Waals surface area (Å²) >= 11 is 0. The Morgan fingerprint density at radius 1 is 1.11 bits per heavy atom. The Hall–Kier alpha value is -3.15. The molecule has 84 valence electrons. The first-order valence-electron chi connectivity index (χ1n) is 4.69. The molecule has 0 saturated heterocycles. The number of aryl methyl sites for hydroxylation is 1. The fraction of sp³-hybridized carbons (Fsp3) is 0.0769. The molecule has 0 atom stereocenters. The molecule has 1 aromatic carbocycles. The van der Waals surface area contributed by atoms with Crippen LogP contribution in [0.3, 0.4) is 0 Å². The summed E-state index contributed by atoms with van der Waals surface area (Å²) in [6.07, 6.45) is 0. The normalized spacial score (nSPS) is 12.3. The number of hydrogen-bond donors (Lipinski definition) is 0. The van der Waals surface area contributed by atoms with Gasteiger partial charge in [0.2, 0.25) is 0 Å². The third-order valence-corrected chi connectivity index (χ3v) is 2.26. The molecule has 0 fully saturated rings. The van der Waals surface area contributed by atoms with Crippen LogP contribution in [0.4, 0.5) is 4.39 Å². The Kier molecular flexibility index (Phi) is 3.78. The Morgan fingerprint density at radius 2 is 1.61 bits per heavy atom. The van der Waals surface area contributed by atoms with Crippen molar-refractivity contribution in [1.29, 1.82) is 10.5 Å². The highest BCUT2D eigenvalue weighted by molar-refractivity contribution is 5.68. The summed E-state index contributed by atoms with van der Waals surface area (Å²) in [6.45, 7) is 15.2. The van der Waals surface area contributed by atoms with Gasteiger partial charge in [0.25, 0.3) is 11.4 Å². The molecule has 0 aromatic heterocycles. The van der Waals surface area contributed by atoms with E-state index in [0.29, 0.717) is 5.56 Å². The maximum absolute atomic E-state index is 13.7. The molecule has 0 N–H and O–H groups in total. The second kappa shape index (κ2) is 5.26. The van der Waals surface area contributed by atoms with E-state index < -0.39 is 5.82 Å². The summed E-state index contributed by atoms with van der Waals surface area (Å²) in [5.41, 5.74) is -0.113. The van der Waals surface area contributed by atoms with Gasteiger partial charge in [-0.15, -0.1) is 0 Å². The lowest BCUT2D eigenvalue weighted by molar-refractivity contribution is 0.616. The largest absolute Gasteiger partial charge is 0.271 e. The Balaban J connectivity index is 3.96. The maximum atomic E-state index is 13.7. The summed E-state index contributed by atoms with van der Waals surface area (Å²) < 4.78 is 13.7. The van der Waals surface area contributed by atoms with E-state index in [0.717, 1.165) is 6.07 Å². The van der Waals surface area contributed by atoms with Crippen LogP contribution in [-0.2, 0) is 0 Å². The molecular weight excluding hydrogens is 231 g/mol. The van der Waals surface area contributed by atoms with Crippen molar-refractivity contribution in [3.8, 4) is 12.1 Å². The van der Waals surface area contributed by atoms with Gasteiger partial charge in [-0.1, -0.05) is 11.6 Å². The molecule has 0 unspecified atom stereocenters. The van der Waals surface area contributed by atoms with Crippen LogP contribution in [0.2, 0.25) is 0 Å². The summed E-state index contributed by atoms with van der Waals surface area (Å²) in [5, 5.41) is 17.5. The lowest BCUT2D eigenvalue weighted by Gasteiger charge is -1.98. The van der Waals surface area contributed by atoms with Gasteiger partial charge >= 0.3 is 0 Å². The van der Waals surface area contributed by atoms with Crippen molar-refractivity contribution in [2.45, 2.75) is 6.92 Å². The molecule has 0 aliphatic heterocycles. The van der Waals surface area contributed by atoms with Crippen molar-refractivity contribution in [2.75, 3.05) is 0 Å². The van der Waals surface area contributed by atoms with Crippen LogP contribution in [0, 0.1) is 48.5 Å². The third-order valence-electron chi connectivity index (χ3n) is 2.26. The van der Waals surface area contributed by atoms with E-state index in [4.69, 9.17) is 23.7 Å². The second-order valence-corrected chi connectivity index (χ2v) is 3.29. The minimum atomic E-state index is -0.792. The molecule has 5 heteroatoms. The van der Waals surface area contributed by atoms with Crippen molar-refractivity contribution < 1.29 is 4.39 Å². The van der Waals surface area contributed by atoms with E-state index in [9.17, 15) is 4.39 Å². The zero-order valence-corrected chi connectivity index (χ0v) is 9.32. The highest BCUT2D eigenvalue weighted by Crippen LogP contribution is 1.99. The van der Waals surface area contributed by atoms with Gasteiger partial charge in [0, 0.05) is 5.22 Å². The molecule has 18 heavy (non-hydrogen) atoms. The van der Waals surface area contributed by atoms with Crippen molar-refractivity contribution in [1.82, 2.24) is 0 Å². The van der Waals surface area contributed by atoms with Crippen LogP contribution in [0.5, 0.6) is 0 Å². The molecule has 0 bridgehead atoms. The summed E-state index contributed by atoms with van der Waals surface area (Å²) in [4.78, 5) is 5.93. The van der Waals surface area contributed by atoms with E-state index in [-0.39, 0.29) is 21.8 Å². The van der Waals surface area contributed by atoms with Gasteiger partial charge in [0.1, 0.15) is 5.82 Å². The minimum absolute atomic E-state index is 0.115. The van der Waals surface area contributed by atoms with Gasteiger partial charge in [-0.2, -0.15) is 0 Å². The average molecular weight is 236 g/mol. The number of halogens is 1. The zero-order valence-electron chi connectivity index (χ0n) is 9.32. The van der Waals surface area contributed by atoms with E-state index >= 15 is 0 Å². The van der Waals surface area contributed by atoms with E-state index in [1.165, 1.54) is 6.07 Å². The molecule has 4 nitrogen and oxygen atoms in total. The number of benzene rings is 1. The highest BCUT2D eigenvalue weighted by atomic mass is 19.1. The predicted molar refractivity (Wildman–Crippen MR) is 61.6 cm³/mol. The lowest BCUT2D eigenvalue weighted by atomic mass is 10.1. The van der Waals surface area contributed by atoms with Crippen LogP contribution in [0.15, 0.2) is 12.1 Å². The molecular formula is C13H5FN4. The number of rotatable bonds is 0. The first-order chi connectivity index (χ1) is 8.58. The molecule has 0 saturated carbocycles. The fourth-order valence-electron chi connectivity index (χ4n) is 1.41. The Bertz CT molecular complexity index is 690. The lowest BCUT2D eigenvalue weighted by Crippen LogP contribution is -2.19. The fourth-order valence-corrected chi connectivity index (χ4v) is 1.41. The summed E-state index contributed by atoms with van der Waals surface area (Å²) in [6, 6.07) is 5.58. The number of nitrogens with zero attached hydrogens (tertiary/aromatic N) is 4. The van der Waals surface area contributed by atoms with Crippen LogP contribution in [0.25, 0.3) is 21.1 Å². The van der Waals surface area contributed by atoms with Gasteiger partial charge < -0.3 is 0 Å². The van der Waals surface area contributed by atoms with Crippen LogP contribution in [0.1, 0.15) is 5.56 Å². The summed E-state index contributed by atoms with van der Waals surface area (Å²) in [5.74, 6) is -0.792. The first-order valence-corrected chi connectivity index (χ1v) is 4.69. The molecule has 0 spiro atoms. The van der Waals surface area contributed by atoms with Gasteiger partial charge in [0.15, 0.2) is 0 Å². The smallest absolute Gasteiger partial charge is 0.226 e. The highest BCUT2D eigenvalue weighted by Gasteiger charge is 2.06. The van der Waals surface area contributed by atoms with Crippen LogP contribution >= 0.6 is 0 Å². The Labute approximate surface area is 103 Å². The van der Waals surface area contributed by atoms with Gasteiger partial charge in [-0.05, 0) is 18.2 Å². The van der Waals surface area contributed by atoms with Crippen molar-refractivity contribution in [3.63, 3.8) is 0 Å².